The van der Waals surface area contributed by atoms with E-state index in [0.717, 1.165) is 54.5 Å². The number of nitrogens with zero attached hydrogens (tertiary/aromatic N) is 1. The van der Waals surface area contributed by atoms with Gasteiger partial charge in [-0.3, -0.25) is 0 Å². The van der Waals surface area contributed by atoms with Crippen molar-refractivity contribution in [3.8, 4) is 0 Å². The van der Waals surface area contributed by atoms with E-state index in [2.05, 4.69) is 20.8 Å². The molecule has 1 heterocycles. The van der Waals surface area contributed by atoms with Crippen LogP contribution in [0.25, 0.3) is 6.08 Å². The second-order valence-corrected chi connectivity index (χ2v) is 5.18. The van der Waals surface area contributed by atoms with E-state index in [1.54, 1.807) is 6.08 Å². The van der Waals surface area contributed by atoms with Crippen LogP contribution in [0.4, 0.5) is 5.69 Å². The Labute approximate surface area is 120 Å². The molecule has 0 radical (unpaired) electrons. The van der Waals surface area contributed by atoms with Gasteiger partial charge in [-0.2, -0.15) is 0 Å². The third-order valence-corrected chi connectivity index (χ3v) is 3.66. The lowest BCUT2D eigenvalue weighted by molar-refractivity contribution is -0.131. The van der Waals surface area contributed by atoms with Gasteiger partial charge in [-0.25, -0.2) is 4.79 Å². The molecule has 1 aromatic rings. The molecule has 19 heavy (non-hydrogen) atoms. The zero-order chi connectivity index (χ0) is 13.7. The zero-order valence-corrected chi connectivity index (χ0v) is 12.1. The molecule has 0 saturated carbocycles. The minimum atomic E-state index is -0.944. The van der Waals surface area contributed by atoms with Crippen LogP contribution in [0.1, 0.15) is 12.0 Å². The summed E-state index contributed by atoms with van der Waals surface area (Å²) >= 11 is 3.48. The molecular weight excluding hydrogens is 310 g/mol. The first kappa shape index (κ1) is 14.1. The fourth-order valence-corrected chi connectivity index (χ4v) is 2.51. The van der Waals surface area contributed by atoms with Crippen LogP contribution >= 0.6 is 15.9 Å². The first-order chi connectivity index (χ1) is 9.16. The minimum absolute atomic E-state index is 0.748. The Hall–Kier alpha value is -1.33. The van der Waals surface area contributed by atoms with Crippen molar-refractivity contribution in [1.82, 2.24) is 0 Å². The highest BCUT2D eigenvalue weighted by atomic mass is 79.9. The van der Waals surface area contributed by atoms with E-state index in [0.29, 0.717) is 0 Å². The summed E-state index contributed by atoms with van der Waals surface area (Å²) in [6.07, 6.45) is 3.75. The Bertz CT molecular complexity index is 480. The van der Waals surface area contributed by atoms with Crippen molar-refractivity contribution in [3.05, 3.63) is 34.3 Å². The Kier molecular flexibility index (Phi) is 4.99. The van der Waals surface area contributed by atoms with Gasteiger partial charge in [-0.05, 0) is 30.2 Å². The Morgan fingerprint density at radius 2 is 2.21 bits per heavy atom. The molecule has 0 aromatic heterocycles. The summed E-state index contributed by atoms with van der Waals surface area (Å²) in [6, 6.07) is 5.95. The van der Waals surface area contributed by atoms with Crippen LogP contribution in [0.15, 0.2) is 28.7 Å². The molecule has 0 atom stereocenters. The van der Waals surface area contributed by atoms with E-state index in [4.69, 9.17) is 9.84 Å². The molecule has 1 saturated heterocycles. The van der Waals surface area contributed by atoms with Crippen molar-refractivity contribution in [2.24, 2.45) is 0 Å². The molecule has 1 aliphatic rings. The van der Waals surface area contributed by atoms with Crippen molar-refractivity contribution in [2.75, 3.05) is 31.2 Å². The van der Waals surface area contributed by atoms with Crippen LogP contribution in [0.5, 0.6) is 0 Å². The minimum Gasteiger partial charge on any atom is -0.478 e. The van der Waals surface area contributed by atoms with Gasteiger partial charge < -0.3 is 14.7 Å². The molecule has 0 aliphatic carbocycles. The predicted molar refractivity (Wildman–Crippen MR) is 78.5 cm³/mol. The fourth-order valence-electron chi connectivity index (χ4n) is 2.01. The molecule has 0 amide bonds. The first-order valence-corrected chi connectivity index (χ1v) is 6.99. The van der Waals surface area contributed by atoms with Gasteiger partial charge in [-0.1, -0.05) is 22.0 Å². The summed E-state index contributed by atoms with van der Waals surface area (Å²) in [7, 11) is 0. The molecule has 0 unspecified atom stereocenters. The van der Waals surface area contributed by atoms with E-state index in [-0.39, 0.29) is 0 Å². The van der Waals surface area contributed by atoms with Gasteiger partial charge in [0.05, 0.1) is 6.61 Å². The summed E-state index contributed by atoms with van der Waals surface area (Å²) in [5.41, 5.74) is 1.99. The maximum Gasteiger partial charge on any atom is 0.328 e. The molecular formula is C14H16BrNO3. The Morgan fingerprint density at radius 3 is 2.95 bits per heavy atom. The van der Waals surface area contributed by atoms with Crippen LogP contribution < -0.4 is 4.90 Å². The highest BCUT2D eigenvalue weighted by Crippen LogP contribution is 2.25. The van der Waals surface area contributed by atoms with Crippen molar-refractivity contribution in [3.63, 3.8) is 0 Å². The smallest absolute Gasteiger partial charge is 0.328 e. The van der Waals surface area contributed by atoms with Gasteiger partial charge in [0.25, 0.3) is 0 Å². The zero-order valence-electron chi connectivity index (χ0n) is 10.5. The van der Waals surface area contributed by atoms with Crippen LogP contribution in [-0.2, 0) is 9.53 Å². The topological polar surface area (TPSA) is 49.8 Å². The average molecular weight is 326 g/mol. The summed E-state index contributed by atoms with van der Waals surface area (Å²) in [4.78, 5) is 12.8. The lowest BCUT2D eigenvalue weighted by Gasteiger charge is -2.22. The van der Waals surface area contributed by atoms with Gasteiger partial charge in [-0.15, -0.1) is 0 Å². The van der Waals surface area contributed by atoms with Gasteiger partial charge in [0.2, 0.25) is 0 Å². The second-order valence-electron chi connectivity index (χ2n) is 4.33. The number of hydrogen-bond acceptors (Lipinski definition) is 3. The van der Waals surface area contributed by atoms with E-state index in [9.17, 15) is 4.79 Å². The quantitative estimate of drug-likeness (QED) is 0.868. The second kappa shape index (κ2) is 6.73. The predicted octanol–water partition coefficient (Wildman–Crippen LogP) is 2.77. The first-order valence-electron chi connectivity index (χ1n) is 6.20. The number of rotatable bonds is 3. The van der Waals surface area contributed by atoms with Gasteiger partial charge in [0.1, 0.15) is 0 Å². The number of hydrogen-bond donors (Lipinski definition) is 1. The molecule has 5 heteroatoms. The molecule has 1 aliphatic heterocycles. The van der Waals surface area contributed by atoms with E-state index < -0.39 is 5.97 Å². The lowest BCUT2D eigenvalue weighted by Crippen LogP contribution is -2.25. The van der Waals surface area contributed by atoms with Gasteiger partial charge >= 0.3 is 5.97 Å². The molecule has 2 rings (SSSR count). The van der Waals surface area contributed by atoms with Gasteiger partial charge in [0, 0.05) is 35.9 Å². The normalized spacial score (nSPS) is 16.6. The lowest BCUT2D eigenvalue weighted by atomic mass is 10.1. The number of ether oxygens (including phenoxy) is 1. The summed E-state index contributed by atoms with van der Waals surface area (Å²) < 4.78 is 6.33. The maximum absolute atomic E-state index is 10.5. The van der Waals surface area contributed by atoms with Crippen LogP contribution in [0, 0.1) is 0 Å². The van der Waals surface area contributed by atoms with Crippen molar-refractivity contribution >= 4 is 33.7 Å². The standard InChI is InChI=1S/C14H16BrNO3/c15-13-10-12(16-6-1-8-19-9-7-16)4-2-11(13)3-5-14(17)18/h2-5,10H,1,6-9H2,(H,17,18)/b5-3+. The monoisotopic (exact) mass is 325 g/mol. The average Bonchev–Trinajstić information content (AvgIpc) is 2.66. The van der Waals surface area contributed by atoms with Crippen molar-refractivity contribution in [2.45, 2.75) is 6.42 Å². The summed E-state index contributed by atoms with van der Waals surface area (Å²) in [5, 5.41) is 8.63. The summed E-state index contributed by atoms with van der Waals surface area (Å²) in [6.45, 7) is 3.43. The number of anilines is 1. The third kappa shape index (κ3) is 4.08. The molecule has 1 N–H and O–H groups in total. The third-order valence-electron chi connectivity index (χ3n) is 2.98. The van der Waals surface area contributed by atoms with Crippen LogP contribution in [-0.4, -0.2) is 37.4 Å². The number of carbonyl (C=O) groups is 1. The fraction of sp³-hybridized carbons (Fsp3) is 0.357. The van der Waals surface area contributed by atoms with Crippen LogP contribution in [0.2, 0.25) is 0 Å². The van der Waals surface area contributed by atoms with E-state index in [1.807, 2.05) is 18.2 Å². The SMILES string of the molecule is O=C(O)/C=C/c1ccc(N2CCCOCC2)cc1Br. The van der Waals surface area contributed by atoms with Crippen molar-refractivity contribution in [1.29, 1.82) is 0 Å². The van der Waals surface area contributed by atoms with Crippen molar-refractivity contribution < 1.29 is 14.6 Å². The van der Waals surface area contributed by atoms with E-state index in [1.165, 1.54) is 0 Å². The highest BCUT2D eigenvalue weighted by Gasteiger charge is 2.11. The molecule has 0 bridgehead atoms. The maximum atomic E-state index is 10.5. The number of aliphatic carboxylic acids is 1. The highest BCUT2D eigenvalue weighted by molar-refractivity contribution is 9.10. The largest absolute Gasteiger partial charge is 0.478 e. The molecule has 0 spiro atoms. The summed E-state index contributed by atoms with van der Waals surface area (Å²) in [5.74, 6) is -0.944. The molecule has 102 valence electrons. The van der Waals surface area contributed by atoms with Gasteiger partial charge in [0.15, 0.2) is 0 Å². The Balaban J connectivity index is 2.15. The molecule has 1 fully saturated rings. The number of carboxylic acids is 1. The number of benzene rings is 1. The number of carboxylic acid groups (broad SMARTS) is 1. The van der Waals surface area contributed by atoms with Crippen LogP contribution in [0.3, 0.4) is 0 Å². The molecule has 4 nitrogen and oxygen atoms in total. The van der Waals surface area contributed by atoms with E-state index >= 15 is 0 Å². The number of halogens is 1. The Morgan fingerprint density at radius 1 is 1.37 bits per heavy atom. The molecule has 1 aromatic carbocycles.